The molecule has 1 aliphatic rings. The van der Waals surface area contributed by atoms with Gasteiger partial charge < -0.3 is 20.6 Å². The molecule has 0 bridgehead atoms. The van der Waals surface area contributed by atoms with Gasteiger partial charge in [0.1, 0.15) is 6.54 Å². The van der Waals surface area contributed by atoms with Crippen LogP contribution in [0.1, 0.15) is 22.6 Å². The maximum atomic E-state index is 11.8. The summed E-state index contributed by atoms with van der Waals surface area (Å²) >= 11 is 12.6. The number of nitrogens with one attached hydrogen (secondary N) is 2. The first kappa shape index (κ1) is 19.5. The van der Waals surface area contributed by atoms with Crippen LogP contribution in [0.3, 0.4) is 0 Å². The van der Waals surface area contributed by atoms with E-state index in [4.69, 9.17) is 28.3 Å². The molecule has 6 nitrogen and oxygen atoms in total. The van der Waals surface area contributed by atoms with Crippen molar-refractivity contribution in [1.82, 2.24) is 10.2 Å². The number of benzene rings is 2. The standard InChI is InChI=1S/C19H19Cl2N3O3/c1-24-9-15(14-6-12(20)7-17(21)16(14)10-24)11-3-2-4-13(5-11)23-19(27)22-8-18(25)26/h2-7,15H,8-10H2,1H3,(H,25,26)(H2,22,23,27)/t15-/m0/s1. The maximum Gasteiger partial charge on any atom is 0.323 e. The Morgan fingerprint density at radius 2 is 2.04 bits per heavy atom. The van der Waals surface area contributed by atoms with E-state index in [1.165, 1.54) is 0 Å². The lowest BCUT2D eigenvalue weighted by Crippen LogP contribution is -2.33. The zero-order chi connectivity index (χ0) is 19.6. The second-order valence-electron chi connectivity index (χ2n) is 6.53. The van der Waals surface area contributed by atoms with E-state index in [2.05, 4.69) is 15.5 Å². The van der Waals surface area contributed by atoms with E-state index in [0.717, 1.165) is 29.8 Å². The fourth-order valence-electron chi connectivity index (χ4n) is 3.29. The molecule has 0 spiro atoms. The number of carboxylic acids is 1. The number of rotatable bonds is 4. The zero-order valence-electron chi connectivity index (χ0n) is 14.6. The minimum Gasteiger partial charge on any atom is -0.480 e. The monoisotopic (exact) mass is 407 g/mol. The fraction of sp³-hybridized carbons (Fsp3) is 0.263. The van der Waals surface area contributed by atoms with Crippen LogP contribution < -0.4 is 10.6 Å². The van der Waals surface area contributed by atoms with Crippen LogP contribution in [0.25, 0.3) is 0 Å². The predicted octanol–water partition coefficient (Wildman–Crippen LogP) is 3.78. The molecule has 0 saturated heterocycles. The SMILES string of the molecule is CN1Cc2c(Cl)cc(Cl)cc2[C@H](c2cccc(NC(=O)NCC(=O)O)c2)C1. The summed E-state index contributed by atoms with van der Waals surface area (Å²) in [5.41, 5.74) is 3.73. The van der Waals surface area contributed by atoms with E-state index in [9.17, 15) is 9.59 Å². The van der Waals surface area contributed by atoms with Crippen molar-refractivity contribution in [2.24, 2.45) is 0 Å². The Labute approximate surface area is 167 Å². The summed E-state index contributed by atoms with van der Waals surface area (Å²) in [6, 6.07) is 10.6. The molecule has 0 aliphatic carbocycles. The largest absolute Gasteiger partial charge is 0.480 e. The molecule has 1 aliphatic heterocycles. The fourth-order valence-corrected chi connectivity index (χ4v) is 3.86. The van der Waals surface area contributed by atoms with Crippen molar-refractivity contribution in [3.63, 3.8) is 0 Å². The highest BCUT2D eigenvalue weighted by Crippen LogP contribution is 2.38. The van der Waals surface area contributed by atoms with Crippen LogP contribution in [0.15, 0.2) is 36.4 Å². The first-order chi connectivity index (χ1) is 12.8. The van der Waals surface area contributed by atoms with Gasteiger partial charge in [0, 0.05) is 34.7 Å². The molecule has 0 fully saturated rings. The number of carboxylic acid groups (broad SMARTS) is 1. The van der Waals surface area contributed by atoms with Crippen LogP contribution in [0.5, 0.6) is 0 Å². The van der Waals surface area contributed by atoms with Crippen LogP contribution in [-0.4, -0.2) is 42.1 Å². The van der Waals surface area contributed by atoms with Crippen molar-refractivity contribution >= 4 is 40.9 Å². The number of amides is 2. The topological polar surface area (TPSA) is 81.7 Å². The first-order valence-corrected chi connectivity index (χ1v) is 9.12. The van der Waals surface area contributed by atoms with Gasteiger partial charge in [-0.05, 0) is 48.0 Å². The number of urea groups is 1. The lowest BCUT2D eigenvalue weighted by Gasteiger charge is -2.33. The second kappa shape index (κ2) is 8.17. The molecule has 0 unspecified atom stereocenters. The number of hydrogen-bond donors (Lipinski definition) is 3. The van der Waals surface area contributed by atoms with Crippen molar-refractivity contribution in [1.29, 1.82) is 0 Å². The number of halogens is 2. The van der Waals surface area contributed by atoms with Gasteiger partial charge in [0.2, 0.25) is 0 Å². The van der Waals surface area contributed by atoms with E-state index in [0.29, 0.717) is 15.7 Å². The van der Waals surface area contributed by atoms with Gasteiger partial charge in [0.15, 0.2) is 0 Å². The molecule has 0 radical (unpaired) electrons. The summed E-state index contributed by atoms with van der Waals surface area (Å²) in [6.45, 7) is 1.10. The molecule has 8 heteroatoms. The van der Waals surface area contributed by atoms with E-state index in [1.54, 1.807) is 12.1 Å². The third-order valence-electron chi connectivity index (χ3n) is 4.44. The quantitative estimate of drug-likeness (QED) is 0.720. The van der Waals surface area contributed by atoms with Gasteiger partial charge in [0.25, 0.3) is 0 Å². The second-order valence-corrected chi connectivity index (χ2v) is 7.38. The van der Waals surface area contributed by atoms with Crippen molar-refractivity contribution < 1.29 is 14.7 Å². The highest BCUT2D eigenvalue weighted by atomic mass is 35.5. The van der Waals surface area contributed by atoms with E-state index >= 15 is 0 Å². The highest BCUT2D eigenvalue weighted by molar-refractivity contribution is 6.35. The van der Waals surface area contributed by atoms with E-state index < -0.39 is 18.5 Å². The molecule has 1 heterocycles. The molecule has 142 valence electrons. The predicted molar refractivity (Wildman–Crippen MR) is 106 cm³/mol. The number of likely N-dealkylation sites (N-methyl/N-ethyl adjacent to an activating group) is 1. The number of carbonyl (C=O) groups is 2. The normalized spacial score (nSPS) is 16.5. The third-order valence-corrected chi connectivity index (χ3v) is 4.99. The van der Waals surface area contributed by atoms with Gasteiger partial charge in [-0.25, -0.2) is 4.79 Å². The molecule has 2 amide bonds. The smallest absolute Gasteiger partial charge is 0.323 e. The minimum absolute atomic E-state index is 0.0544. The van der Waals surface area contributed by atoms with Gasteiger partial charge in [-0.3, -0.25) is 4.79 Å². The van der Waals surface area contributed by atoms with E-state index in [1.807, 2.05) is 31.3 Å². The molecule has 27 heavy (non-hydrogen) atoms. The first-order valence-electron chi connectivity index (χ1n) is 8.36. The molecule has 1 atom stereocenters. The number of aliphatic carboxylic acids is 1. The molecule has 3 N–H and O–H groups in total. The van der Waals surface area contributed by atoms with Gasteiger partial charge in [0.05, 0.1) is 0 Å². The summed E-state index contributed by atoms with van der Waals surface area (Å²) in [4.78, 5) is 24.6. The molecule has 0 aromatic heterocycles. The Morgan fingerprint density at radius 1 is 1.26 bits per heavy atom. The lowest BCUT2D eigenvalue weighted by atomic mass is 9.84. The Hall–Kier alpha value is -2.28. The van der Waals surface area contributed by atoms with E-state index in [-0.39, 0.29) is 5.92 Å². The summed E-state index contributed by atoms with van der Waals surface area (Å²) in [6.07, 6.45) is 0. The number of carbonyl (C=O) groups excluding carboxylic acids is 1. The molecule has 0 saturated carbocycles. The maximum absolute atomic E-state index is 11.8. The number of hydrogen-bond acceptors (Lipinski definition) is 3. The Bertz CT molecular complexity index is 888. The number of nitrogens with zero attached hydrogens (tertiary/aromatic N) is 1. The minimum atomic E-state index is -1.10. The van der Waals surface area contributed by atoms with Gasteiger partial charge >= 0.3 is 12.0 Å². The highest BCUT2D eigenvalue weighted by Gasteiger charge is 2.27. The van der Waals surface area contributed by atoms with Crippen LogP contribution in [0, 0.1) is 0 Å². The molecule has 3 rings (SSSR count). The Morgan fingerprint density at radius 3 is 2.78 bits per heavy atom. The van der Waals surface area contributed by atoms with Crippen LogP contribution in [0.4, 0.5) is 10.5 Å². The number of fused-ring (bicyclic) bond motifs is 1. The average molecular weight is 408 g/mol. The summed E-state index contributed by atoms with van der Waals surface area (Å²) < 4.78 is 0. The van der Waals surface area contributed by atoms with Crippen LogP contribution >= 0.6 is 23.2 Å². The van der Waals surface area contributed by atoms with Crippen molar-refractivity contribution in [2.75, 3.05) is 25.5 Å². The van der Waals surface area contributed by atoms with Crippen molar-refractivity contribution in [3.8, 4) is 0 Å². The summed E-state index contributed by atoms with van der Waals surface area (Å²) in [5, 5.41) is 14.8. The third kappa shape index (κ3) is 4.71. The summed E-state index contributed by atoms with van der Waals surface area (Å²) in [7, 11) is 2.03. The van der Waals surface area contributed by atoms with Gasteiger partial charge in [-0.1, -0.05) is 35.3 Å². The van der Waals surface area contributed by atoms with Crippen LogP contribution in [0.2, 0.25) is 10.0 Å². The zero-order valence-corrected chi connectivity index (χ0v) is 16.1. The molecular formula is C19H19Cl2N3O3. The molecule has 2 aromatic rings. The Balaban J connectivity index is 1.87. The Kier molecular flexibility index (Phi) is 5.89. The van der Waals surface area contributed by atoms with Crippen molar-refractivity contribution in [2.45, 2.75) is 12.5 Å². The van der Waals surface area contributed by atoms with Crippen molar-refractivity contribution in [3.05, 3.63) is 63.1 Å². The average Bonchev–Trinajstić information content (AvgIpc) is 2.60. The van der Waals surface area contributed by atoms with Gasteiger partial charge in [-0.2, -0.15) is 0 Å². The lowest BCUT2D eigenvalue weighted by molar-refractivity contribution is -0.135. The summed E-state index contributed by atoms with van der Waals surface area (Å²) in [5.74, 6) is -1.05. The van der Waals surface area contributed by atoms with Gasteiger partial charge in [-0.15, -0.1) is 0 Å². The molecular weight excluding hydrogens is 389 g/mol. The molecule has 2 aromatic carbocycles. The van der Waals surface area contributed by atoms with Crippen LogP contribution in [-0.2, 0) is 11.3 Å². The number of anilines is 1.